The van der Waals surface area contributed by atoms with Crippen molar-refractivity contribution in [2.45, 2.75) is 4.90 Å². The number of anilines is 1. The maximum absolute atomic E-state index is 13.0. The van der Waals surface area contributed by atoms with E-state index in [4.69, 9.17) is 0 Å². The number of carbonyl (C=O) groups excluding carboxylic acids is 1. The van der Waals surface area contributed by atoms with Gasteiger partial charge >= 0.3 is 0 Å². The number of benzene rings is 2. The van der Waals surface area contributed by atoms with Crippen molar-refractivity contribution in [1.29, 1.82) is 0 Å². The maximum Gasteiger partial charge on any atom is 0.269 e. The number of hydrogen-bond acceptors (Lipinski definition) is 5. The van der Waals surface area contributed by atoms with Crippen molar-refractivity contribution in [3.05, 3.63) is 64.2 Å². The second-order valence-corrected chi connectivity index (χ2v) is 5.99. The number of carbonyl (C=O) groups is 1. The lowest BCUT2D eigenvalue weighted by molar-refractivity contribution is -0.384. The number of amides is 1. The molecule has 2 N–H and O–H groups in total. The van der Waals surface area contributed by atoms with E-state index in [1.165, 1.54) is 18.2 Å². The summed E-state index contributed by atoms with van der Waals surface area (Å²) in [6, 6.07) is 9.41. The van der Waals surface area contributed by atoms with Gasteiger partial charge in [0.1, 0.15) is 0 Å². The monoisotopic (exact) mass is 367 g/mol. The first-order valence-electron chi connectivity index (χ1n) is 7.28. The van der Waals surface area contributed by atoms with Crippen molar-refractivity contribution < 1.29 is 18.5 Å². The molecule has 6 nitrogen and oxygen atoms in total. The highest BCUT2D eigenvalue weighted by Crippen LogP contribution is 2.20. The molecule has 0 spiro atoms. The Bertz CT molecular complexity index is 757. The van der Waals surface area contributed by atoms with Crippen LogP contribution in [0.25, 0.3) is 0 Å². The fourth-order valence-corrected chi connectivity index (χ4v) is 2.63. The summed E-state index contributed by atoms with van der Waals surface area (Å²) in [5.41, 5.74) is 0.712. The summed E-state index contributed by atoms with van der Waals surface area (Å²) in [6.07, 6.45) is 0. The van der Waals surface area contributed by atoms with Gasteiger partial charge in [0, 0.05) is 35.8 Å². The third-order valence-electron chi connectivity index (χ3n) is 3.12. The molecule has 0 atom stereocenters. The lowest BCUT2D eigenvalue weighted by Crippen LogP contribution is -2.30. The number of nitro groups is 1. The Morgan fingerprint density at radius 3 is 2.44 bits per heavy atom. The van der Waals surface area contributed by atoms with Gasteiger partial charge in [-0.15, -0.1) is 11.8 Å². The van der Waals surface area contributed by atoms with Gasteiger partial charge in [-0.3, -0.25) is 14.9 Å². The van der Waals surface area contributed by atoms with Crippen LogP contribution in [-0.2, 0) is 4.79 Å². The van der Waals surface area contributed by atoms with Gasteiger partial charge in [-0.05, 0) is 30.3 Å². The molecular weight excluding hydrogens is 352 g/mol. The van der Waals surface area contributed by atoms with Gasteiger partial charge in [-0.25, -0.2) is 8.78 Å². The molecule has 25 heavy (non-hydrogen) atoms. The van der Waals surface area contributed by atoms with Crippen LogP contribution in [0, 0.1) is 21.7 Å². The van der Waals surface area contributed by atoms with Gasteiger partial charge in [0.25, 0.3) is 5.69 Å². The molecule has 9 heteroatoms. The highest BCUT2D eigenvalue weighted by atomic mass is 32.2. The minimum absolute atomic E-state index is 0.00751. The fraction of sp³-hybridized carbons (Fsp3) is 0.188. The van der Waals surface area contributed by atoms with E-state index in [2.05, 4.69) is 10.6 Å². The maximum atomic E-state index is 13.0. The molecule has 1 amide bonds. The quantitative estimate of drug-likeness (QED) is 0.324. The molecule has 132 valence electrons. The van der Waals surface area contributed by atoms with E-state index >= 15 is 0 Å². The Morgan fingerprint density at radius 2 is 1.80 bits per heavy atom. The van der Waals surface area contributed by atoms with Crippen LogP contribution in [0.2, 0.25) is 0 Å². The smallest absolute Gasteiger partial charge is 0.269 e. The molecule has 0 bridgehead atoms. The minimum atomic E-state index is -0.947. The molecule has 0 aliphatic carbocycles. The van der Waals surface area contributed by atoms with Crippen molar-refractivity contribution in [1.82, 2.24) is 5.32 Å². The number of nitrogens with one attached hydrogen (secondary N) is 2. The van der Waals surface area contributed by atoms with Gasteiger partial charge in [0.2, 0.25) is 5.91 Å². The van der Waals surface area contributed by atoms with Gasteiger partial charge in [0.05, 0.1) is 10.7 Å². The summed E-state index contributed by atoms with van der Waals surface area (Å²) in [7, 11) is 0. The summed E-state index contributed by atoms with van der Waals surface area (Å²) in [4.78, 5) is 22.2. The number of rotatable bonds is 8. The molecule has 2 aromatic carbocycles. The molecule has 0 unspecified atom stereocenters. The Morgan fingerprint density at radius 1 is 1.08 bits per heavy atom. The Balaban J connectivity index is 1.66. The zero-order valence-corrected chi connectivity index (χ0v) is 13.8. The number of thioether (sulfide) groups is 1. The fourth-order valence-electron chi connectivity index (χ4n) is 1.88. The number of hydrogen-bond donors (Lipinski definition) is 2. The molecule has 2 aromatic rings. The summed E-state index contributed by atoms with van der Waals surface area (Å²) in [5.74, 6) is -2.02. The van der Waals surface area contributed by atoms with Crippen molar-refractivity contribution in [3.8, 4) is 0 Å². The topological polar surface area (TPSA) is 84.3 Å². The molecule has 0 aliphatic rings. The highest BCUT2D eigenvalue weighted by molar-refractivity contribution is 8.00. The number of halogens is 2. The van der Waals surface area contributed by atoms with E-state index in [1.54, 1.807) is 12.1 Å². The van der Waals surface area contributed by atoms with Crippen LogP contribution < -0.4 is 10.6 Å². The van der Waals surface area contributed by atoms with Crippen LogP contribution >= 0.6 is 11.8 Å². The number of nitro benzene ring substituents is 1. The zero-order chi connectivity index (χ0) is 18.2. The first-order valence-corrected chi connectivity index (χ1v) is 8.27. The third-order valence-corrected chi connectivity index (χ3v) is 4.11. The normalized spacial score (nSPS) is 10.3. The molecule has 2 rings (SSSR count). The summed E-state index contributed by atoms with van der Waals surface area (Å²) in [6.45, 7) is 0.799. The molecular formula is C16H15F2N3O3S. The van der Waals surface area contributed by atoms with Crippen LogP contribution in [0.3, 0.4) is 0 Å². The average molecular weight is 367 g/mol. The van der Waals surface area contributed by atoms with Crippen molar-refractivity contribution in [2.24, 2.45) is 0 Å². The Labute approximate surface area is 146 Å². The molecule has 0 aliphatic heterocycles. The van der Waals surface area contributed by atoms with Crippen LogP contribution in [0.15, 0.2) is 47.4 Å². The summed E-state index contributed by atoms with van der Waals surface area (Å²) < 4.78 is 25.8. The minimum Gasteiger partial charge on any atom is -0.383 e. The molecule has 0 aromatic heterocycles. The lowest BCUT2D eigenvalue weighted by Gasteiger charge is -2.08. The molecule has 0 saturated heterocycles. The molecule has 0 heterocycles. The van der Waals surface area contributed by atoms with Crippen LogP contribution in [0.5, 0.6) is 0 Å². The lowest BCUT2D eigenvalue weighted by atomic mass is 10.3. The number of non-ortho nitro benzene ring substituents is 1. The van der Waals surface area contributed by atoms with E-state index in [1.807, 2.05) is 0 Å². The zero-order valence-electron chi connectivity index (χ0n) is 13.0. The summed E-state index contributed by atoms with van der Waals surface area (Å²) >= 11 is 1.11. The van der Waals surface area contributed by atoms with Gasteiger partial charge in [0.15, 0.2) is 11.6 Å². The van der Waals surface area contributed by atoms with E-state index < -0.39 is 16.6 Å². The average Bonchev–Trinajstić information content (AvgIpc) is 2.60. The van der Waals surface area contributed by atoms with Crippen molar-refractivity contribution in [3.63, 3.8) is 0 Å². The molecule has 0 fully saturated rings. The van der Waals surface area contributed by atoms with Crippen molar-refractivity contribution in [2.75, 3.05) is 24.2 Å². The van der Waals surface area contributed by atoms with Crippen molar-refractivity contribution >= 4 is 29.0 Å². The van der Waals surface area contributed by atoms with Crippen LogP contribution in [0.1, 0.15) is 0 Å². The largest absolute Gasteiger partial charge is 0.383 e. The Kier molecular flexibility index (Phi) is 6.70. The third kappa shape index (κ3) is 6.03. The van der Waals surface area contributed by atoms with Gasteiger partial charge in [-0.2, -0.15) is 0 Å². The summed E-state index contributed by atoms with van der Waals surface area (Å²) in [5, 5.41) is 16.2. The second kappa shape index (κ2) is 8.97. The second-order valence-electron chi connectivity index (χ2n) is 4.95. The first-order chi connectivity index (χ1) is 12.0. The highest BCUT2D eigenvalue weighted by Gasteiger charge is 2.06. The van der Waals surface area contributed by atoms with E-state index in [0.29, 0.717) is 23.7 Å². The van der Waals surface area contributed by atoms with Gasteiger partial charge < -0.3 is 10.6 Å². The van der Waals surface area contributed by atoms with Crippen LogP contribution in [0.4, 0.5) is 20.2 Å². The molecule has 0 saturated carbocycles. The van der Waals surface area contributed by atoms with E-state index in [-0.39, 0.29) is 17.3 Å². The first kappa shape index (κ1) is 18.7. The molecule has 0 radical (unpaired) electrons. The number of nitrogens with zero attached hydrogens (tertiary/aromatic N) is 1. The SMILES string of the molecule is O=C(CSc1ccc(F)c(F)c1)NCCNc1ccc([N+](=O)[O-])cc1. The van der Waals surface area contributed by atoms with Gasteiger partial charge in [-0.1, -0.05) is 0 Å². The standard InChI is InChI=1S/C16H15F2N3O3S/c17-14-6-5-13(9-15(14)18)25-10-16(22)20-8-7-19-11-1-3-12(4-2-11)21(23)24/h1-6,9,19H,7-8,10H2,(H,20,22). The Hall–Kier alpha value is -2.68. The predicted octanol–water partition coefficient (Wildman–Crippen LogP) is 3.19. The predicted molar refractivity (Wildman–Crippen MR) is 91.7 cm³/mol. The van der Waals surface area contributed by atoms with E-state index in [9.17, 15) is 23.7 Å². The van der Waals surface area contributed by atoms with E-state index in [0.717, 1.165) is 23.9 Å². The van der Waals surface area contributed by atoms with Crippen LogP contribution in [-0.4, -0.2) is 29.7 Å².